The molecule has 7 heteroatoms. The number of aliphatic carboxylic acids is 1. The molecule has 0 saturated heterocycles. The molecule has 138 valence electrons. The van der Waals surface area contributed by atoms with E-state index < -0.39 is 17.7 Å². The molecule has 2 aromatic carbocycles. The molecular weight excluding hydrogens is 347 g/mol. The minimum absolute atomic E-state index is 0.123. The van der Waals surface area contributed by atoms with Gasteiger partial charge in [-0.3, -0.25) is 9.59 Å². The maximum Gasteiger partial charge on any atom is 0.416 e. The molecule has 0 atom stereocenters. The van der Waals surface area contributed by atoms with Gasteiger partial charge in [0.05, 0.1) is 12.0 Å². The van der Waals surface area contributed by atoms with Gasteiger partial charge < -0.3 is 10.4 Å². The molecule has 0 aliphatic heterocycles. The van der Waals surface area contributed by atoms with Crippen LogP contribution in [0.15, 0.2) is 48.5 Å². The first-order valence-corrected chi connectivity index (χ1v) is 8.01. The first kappa shape index (κ1) is 19.5. The number of halogens is 3. The van der Waals surface area contributed by atoms with Crippen molar-refractivity contribution in [1.82, 2.24) is 0 Å². The molecule has 26 heavy (non-hydrogen) atoms. The summed E-state index contributed by atoms with van der Waals surface area (Å²) in [6.07, 6.45) is -3.75. The Hall–Kier alpha value is -2.83. The van der Waals surface area contributed by atoms with Gasteiger partial charge >= 0.3 is 12.1 Å². The smallest absolute Gasteiger partial charge is 0.416 e. The highest BCUT2D eigenvalue weighted by Gasteiger charge is 2.30. The monoisotopic (exact) mass is 365 g/mol. The fourth-order valence-electron chi connectivity index (χ4n) is 2.53. The minimum atomic E-state index is -4.39. The molecule has 1 amide bonds. The van der Waals surface area contributed by atoms with Crippen LogP contribution in [0.4, 0.5) is 18.9 Å². The molecule has 2 aromatic rings. The van der Waals surface area contributed by atoms with Crippen molar-refractivity contribution in [3.05, 3.63) is 65.2 Å². The van der Waals surface area contributed by atoms with Gasteiger partial charge in [0.25, 0.3) is 0 Å². The van der Waals surface area contributed by atoms with E-state index in [2.05, 4.69) is 5.32 Å². The Bertz CT molecular complexity index is 788. The lowest BCUT2D eigenvalue weighted by molar-refractivity contribution is -0.138. The lowest BCUT2D eigenvalue weighted by atomic mass is 10.0. The van der Waals surface area contributed by atoms with Crippen LogP contribution in [0.1, 0.15) is 29.5 Å². The number of carboxylic acids is 1. The summed E-state index contributed by atoms with van der Waals surface area (Å²) in [6.45, 7) is 0. The number of hydrogen-bond donors (Lipinski definition) is 2. The molecule has 0 fully saturated rings. The summed E-state index contributed by atoms with van der Waals surface area (Å²) >= 11 is 0. The number of carbonyl (C=O) groups is 2. The molecule has 2 rings (SSSR count). The molecule has 0 aromatic heterocycles. The van der Waals surface area contributed by atoms with E-state index in [0.717, 1.165) is 12.1 Å². The number of anilines is 1. The summed E-state index contributed by atoms with van der Waals surface area (Å²) in [7, 11) is 0. The first-order chi connectivity index (χ1) is 12.3. The molecule has 4 nitrogen and oxygen atoms in total. The number of amides is 1. The zero-order valence-corrected chi connectivity index (χ0v) is 13.8. The highest BCUT2D eigenvalue weighted by atomic mass is 19.4. The summed E-state index contributed by atoms with van der Waals surface area (Å²) < 4.78 is 38.0. The van der Waals surface area contributed by atoms with Crippen molar-refractivity contribution in [2.45, 2.75) is 31.9 Å². The normalized spacial score (nSPS) is 11.2. The van der Waals surface area contributed by atoms with Gasteiger partial charge in [-0.2, -0.15) is 13.2 Å². The van der Waals surface area contributed by atoms with Crippen molar-refractivity contribution >= 4 is 17.6 Å². The van der Waals surface area contributed by atoms with Crippen LogP contribution in [0.2, 0.25) is 0 Å². The third-order valence-corrected chi connectivity index (χ3v) is 3.76. The van der Waals surface area contributed by atoms with Crippen molar-refractivity contribution in [2.75, 3.05) is 5.32 Å². The van der Waals surface area contributed by atoms with Crippen LogP contribution in [-0.4, -0.2) is 17.0 Å². The van der Waals surface area contributed by atoms with Crippen LogP contribution in [0, 0.1) is 0 Å². The minimum Gasteiger partial charge on any atom is -0.481 e. The summed E-state index contributed by atoms with van der Waals surface area (Å²) in [5.41, 5.74) is 0.728. The van der Waals surface area contributed by atoms with Crippen LogP contribution in [0.25, 0.3) is 0 Å². The standard InChI is InChI=1S/C19H18F3NO3/c20-19(21,22)15-8-3-5-13(11-15)6-4-10-17(24)23-16-9-2-1-7-14(16)12-18(25)26/h1-3,5,7-9,11H,4,6,10,12H2,(H,23,24)(H,25,26). The van der Waals surface area contributed by atoms with E-state index in [9.17, 15) is 22.8 Å². The van der Waals surface area contributed by atoms with E-state index in [1.165, 1.54) is 6.07 Å². The summed E-state index contributed by atoms with van der Waals surface area (Å²) in [5.74, 6) is -1.31. The highest BCUT2D eigenvalue weighted by Crippen LogP contribution is 2.29. The van der Waals surface area contributed by atoms with Gasteiger partial charge in [-0.25, -0.2) is 0 Å². The number of benzene rings is 2. The molecule has 0 spiro atoms. The Morgan fingerprint density at radius 1 is 1.04 bits per heavy atom. The molecule has 2 N–H and O–H groups in total. The van der Waals surface area contributed by atoms with Gasteiger partial charge in [0.2, 0.25) is 5.91 Å². The fraction of sp³-hybridized carbons (Fsp3) is 0.263. The molecule has 0 aliphatic carbocycles. The Balaban J connectivity index is 1.89. The van der Waals surface area contributed by atoms with Gasteiger partial charge in [0.1, 0.15) is 0 Å². The number of carboxylic acid groups (broad SMARTS) is 1. The van der Waals surface area contributed by atoms with Crippen molar-refractivity contribution in [3.8, 4) is 0 Å². The zero-order chi connectivity index (χ0) is 19.2. The molecule has 0 aliphatic rings. The van der Waals surface area contributed by atoms with Gasteiger partial charge in [-0.15, -0.1) is 0 Å². The van der Waals surface area contributed by atoms with Crippen LogP contribution in [-0.2, 0) is 28.6 Å². The topological polar surface area (TPSA) is 66.4 Å². The van der Waals surface area contributed by atoms with Gasteiger partial charge in [-0.1, -0.05) is 36.4 Å². The Morgan fingerprint density at radius 3 is 2.46 bits per heavy atom. The van der Waals surface area contributed by atoms with Gasteiger partial charge in [0.15, 0.2) is 0 Å². The third kappa shape index (κ3) is 5.91. The molecular formula is C19H18F3NO3. The lowest BCUT2D eigenvalue weighted by Crippen LogP contribution is -2.14. The average Bonchev–Trinajstić information content (AvgIpc) is 2.56. The van der Waals surface area contributed by atoms with Crippen molar-refractivity contribution in [2.24, 2.45) is 0 Å². The molecule has 0 bridgehead atoms. The molecule has 0 saturated carbocycles. The first-order valence-electron chi connectivity index (χ1n) is 8.01. The Kier molecular flexibility index (Phi) is 6.38. The maximum atomic E-state index is 12.7. The molecule has 0 radical (unpaired) electrons. The Labute approximate surface area is 148 Å². The largest absolute Gasteiger partial charge is 0.481 e. The van der Waals surface area contributed by atoms with E-state index in [1.807, 2.05) is 0 Å². The predicted molar refractivity (Wildman–Crippen MR) is 90.8 cm³/mol. The van der Waals surface area contributed by atoms with Gasteiger partial charge in [-0.05, 0) is 36.1 Å². The average molecular weight is 365 g/mol. The molecule has 0 heterocycles. The summed E-state index contributed by atoms with van der Waals surface area (Å²) in [5, 5.41) is 11.5. The number of aryl methyl sites for hydroxylation is 1. The Morgan fingerprint density at radius 2 is 1.77 bits per heavy atom. The second-order valence-corrected chi connectivity index (χ2v) is 5.83. The zero-order valence-electron chi connectivity index (χ0n) is 13.8. The second-order valence-electron chi connectivity index (χ2n) is 5.83. The van der Waals surface area contributed by atoms with Crippen LogP contribution in [0.5, 0.6) is 0 Å². The van der Waals surface area contributed by atoms with Crippen LogP contribution in [0.3, 0.4) is 0 Å². The summed E-state index contributed by atoms with van der Waals surface area (Å²) in [4.78, 5) is 22.9. The number of nitrogens with one attached hydrogen (secondary N) is 1. The van der Waals surface area contributed by atoms with Crippen molar-refractivity contribution in [1.29, 1.82) is 0 Å². The molecule has 0 unspecified atom stereocenters. The number of para-hydroxylation sites is 1. The van der Waals surface area contributed by atoms with E-state index in [1.54, 1.807) is 30.3 Å². The van der Waals surface area contributed by atoms with E-state index in [0.29, 0.717) is 29.7 Å². The SMILES string of the molecule is O=C(O)Cc1ccccc1NC(=O)CCCc1cccc(C(F)(F)F)c1. The van der Waals surface area contributed by atoms with Crippen LogP contribution < -0.4 is 5.32 Å². The van der Waals surface area contributed by atoms with E-state index in [4.69, 9.17) is 5.11 Å². The predicted octanol–water partition coefficient (Wildman–Crippen LogP) is 4.29. The quantitative estimate of drug-likeness (QED) is 0.769. The van der Waals surface area contributed by atoms with Crippen LogP contribution >= 0.6 is 0 Å². The van der Waals surface area contributed by atoms with E-state index in [-0.39, 0.29) is 18.7 Å². The second kappa shape index (κ2) is 8.51. The highest BCUT2D eigenvalue weighted by molar-refractivity contribution is 5.92. The van der Waals surface area contributed by atoms with Crippen molar-refractivity contribution < 1.29 is 27.9 Å². The fourth-order valence-corrected chi connectivity index (χ4v) is 2.53. The summed E-state index contributed by atoms with van der Waals surface area (Å²) in [6, 6.07) is 11.6. The number of carbonyl (C=O) groups excluding carboxylic acids is 1. The lowest BCUT2D eigenvalue weighted by Gasteiger charge is -2.10. The van der Waals surface area contributed by atoms with E-state index >= 15 is 0 Å². The maximum absolute atomic E-state index is 12.7. The third-order valence-electron chi connectivity index (χ3n) is 3.76. The number of rotatable bonds is 7. The number of hydrogen-bond acceptors (Lipinski definition) is 2. The number of alkyl halides is 3. The van der Waals surface area contributed by atoms with Gasteiger partial charge in [0, 0.05) is 12.1 Å². The van der Waals surface area contributed by atoms with Crippen molar-refractivity contribution in [3.63, 3.8) is 0 Å².